The molecule has 2 fully saturated rings. The van der Waals surface area contributed by atoms with Crippen molar-refractivity contribution >= 4 is 0 Å². The van der Waals surface area contributed by atoms with Crippen LogP contribution in [-0.2, 0) is 6.54 Å². The summed E-state index contributed by atoms with van der Waals surface area (Å²) >= 11 is 0. The number of aliphatic hydroxyl groups is 1. The second kappa shape index (κ2) is 5.25. The van der Waals surface area contributed by atoms with Gasteiger partial charge < -0.3 is 10.0 Å². The number of nitrogens with zero attached hydrogens (tertiary/aromatic N) is 3. The van der Waals surface area contributed by atoms with Gasteiger partial charge in [-0.1, -0.05) is 13.3 Å². The van der Waals surface area contributed by atoms with E-state index in [0.29, 0.717) is 11.8 Å². The minimum absolute atomic E-state index is 0.413. The van der Waals surface area contributed by atoms with Gasteiger partial charge in [0.1, 0.15) is 0 Å². The summed E-state index contributed by atoms with van der Waals surface area (Å²) in [6, 6.07) is 1.97. The molecule has 1 aromatic heterocycles. The predicted octanol–water partition coefficient (Wildman–Crippen LogP) is 1.76. The third-order valence-electron chi connectivity index (χ3n) is 5.10. The van der Waals surface area contributed by atoms with Crippen LogP contribution in [0.25, 0.3) is 0 Å². The Morgan fingerprint density at radius 2 is 2.21 bits per heavy atom. The molecule has 0 unspecified atom stereocenters. The highest BCUT2D eigenvalue weighted by Gasteiger charge is 2.49. The van der Waals surface area contributed by atoms with Crippen LogP contribution in [0.15, 0.2) is 18.5 Å². The Kier molecular flexibility index (Phi) is 3.63. The molecule has 1 saturated heterocycles. The van der Waals surface area contributed by atoms with Crippen LogP contribution in [0.5, 0.6) is 0 Å². The Bertz CT molecular complexity index is 402. The summed E-state index contributed by atoms with van der Waals surface area (Å²) in [6.07, 6.45) is 8.70. The SMILES string of the molecule is C[C@@H]1CN(CCCn2cccn2)C[C@@]1(O)C1CCC1. The van der Waals surface area contributed by atoms with E-state index in [2.05, 4.69) is 16.9 Å². The number of likely N-dealkylation sites (tertiary alicyclic amines) is 1. The third kappa shape index (κ3) is 2.56. The molecule has 19 heavy (non-hydrogen) atoms. The summed E-state index contributed by atoms with van der Waals surface area (Å²) in [5.74, 6) is 0.973. The lowest BCUT2D eigenvalue weighted by Crippen LogP contribution is -2.47. The minimum Gasteiger partial charge on any atom is -0.388 e. The maximum Gasteiger partial charge on any atom is 0.0839 e. The third-order valence-corrected chi connectivity index (χ3v) is 5.10. The van der Waals surface area contributed by atoms with Gasteiger partial charge in [0.15, 0.2) is 0 Å². The van der Waals surface area contributed by atoms with Gasteiger partial charge in [-0.15, -0.1) is 0 Å². The first-order valence-electron chi connectivity index (χ1n) is 7.60. The number of hydrogen-bond donors (Lipinski definition) is 1. The van der Waals surface area contributed by atoms with Gasteiger partial charge in [0.25, 0.3) is 0 Å². The van der Waals surface area contributed by atoms with E-state index >= 15 is 0 Å². The summed E-state index contributed by atoms with van der Waals surface area (Å²) in [6.45, 7) is 6.18. The summed E-state index contributed by atoms with van der Waals surface area (Å²) < 4.78 is 1.98. The zero-order valence-electron chi connectivity index (χ0n) is 11.8. The molecule has 0 spiro atoms. The molecule has 0 radical (unpaired) electrons. The molecule has 106 valence electrons. The van der Waals surface area contributed by atoms with E-state index in [1.807, 2.05) is 23.1 Å². The normalized spacial score (nSPS) is 32.6. The van der Waals surface area contributed by atoms with Gasteiger partial charge in [-0.25, -0.2) is 0 Å². The van der Waals surface area contributed by atoms with E-state index in [1.165, 1.54) is 19.3 Å². The maximum atomic E-state index is 10.9. The lowest BCUT2D eigenvalue weighted by molar-refractivity contribution is -0.0670. The Labute approximate surface area is 115 Å². The lowest BCUT2D eigenvalue weighted by atomic mass is 9.69. The van der Waals surface area contributed by atoms with Crippen LogP contribution < -0.4 is 0 Å². The van der Waals surface area contributed by atoms with Crippen LogP contribution in [0.3, 0.4) is 0 Å². The quantitative estimate of drug-likeness (QED) is 0.880. The molecule has 4 heteroatoms. The van der Waals surface area contributed by atoms with Crippen molar-refractivity contribution in [3.05, 3.63) is 18.5 Å². The zero-order chi connectivity index (χ0) is 13.3. The fourth-order valence-electron chi connectivity index (χ4n) is 3.62. The summed E-state index contributed by atoms with van der Waals surface area (Å²) in [4.78, 5) is 2.44. The first kappa shape index (κ1) is 13.1. The molecule has 2 aliphatic rings. The Morgan fingerprint density at radius 3 is 2.84 bits per heavy atom. The smallest absolute Gasteiger partial charge is 0.0839 e. The van der Waals surface area contributed by atoms with Crippen molar-refractivity contribution < 1.29 is 5.11 Å². The highest BCUT2D eigenvalue weighted by Crippen LogP contribution is 2.43. The van der Waals surface area contributed by atoms with Gasteiger partial charge >= 0.3 is 0 Å². The molecule has 1 aliphatic heterocycles. The molecule has 2 heterocycles. The van der Waals surface area contributed by atoms with E-state index < -0.39 is 5.60 Å². The number of hydrogen-bond acceptors (Lipinski definition) is 3. The van der Waals surface area contributed by atoms with Crippen LogP contribution in [0.4, 0.5) is 0 Å². The van der Waals surface area contributed by atoms with Crippen LogP contribution in [0.1, 0.15) is 32.6 Å². The van der Waals surface area contributed by atoms with Gasteiger partial charge in [0.2, 0.25) is 0 Å². The summed E-state index contributed by atoms with van der Waals surface area (Å²) in [7, 11) is 0. The first-order chi connectivity index (χ1) is 9.18. The minimum atomic E-state index is -0.413. The molecular weight excluding hydrogens is 238 g/mol. The van der Waals surface area contributed by atoms with Crippen molar-refractivity contribution in [3.63, 3.8) is 0 Å². The van der Waals surface area contributed by atoms with E-state index in [9.17, 15) is 5.11 Å². The molecule has 1 aliphatic carbocycles. The first-order valence-corrected chi connectivity index (χ1v) is 7.60. The molecular formula is C15H25N3O. The van der Waals surface area contributed by atoms with Gasteiger partial charge in [-0.2, -0.15) is 5.10 Å². The molecule has 0 aromatic carbocycles. The van der Waals surface area contributed by atoms with E-state index in [4.69, 9.17) is 0 Å². The second-order valence-corrected chi connectivity index (χ2v) is 6.38. The van der Waals surface area contributed by atoms with Gasteiger partial charge in [0.05, 0.1) is 5.60 Å². The molecule has 0 bridgehead atoms. The largest absolute Gasteiger partial charge is 0.388 e. The number of aromatic nitrogens is 2. The molecule has 3 rings (SSSR count). The van der Waals surface area contributed by atoms with E-state index in [-0.39, 0.29) is 0 Å². The van der Waals surface area contributed by atoms with Crippen molar-refractivity contribution in [2.75, 3.05) is 19.6 Å². The molecule has 1 aromatic rings. The van der Waals surface area contributed by atoms with Crippen LogP contribution in [-0.4, -0.2) is 45.0 Å². The van der Waals surface area contributed by atoms with E-state index in [0.717, 1.165) is 32.6 Å². The average molecular weight is 263 g/mol. The number of β-amino-alcohol motifs (C(OH)–C–C–N with tert-alkyl or cyclic N) is 1. The Hall–Kier alpha value is -0.870. The van der Waals surface area contributed by atoms with Crippen LogP contribution in [0.2, 0.25) is 0 Å². The van der Waals surface area contributed by atoms with Crippen molar-refractivity contribution in [2.45, 2.75) is 44.8 Å². The highest BCUT2D eigenvalue weighted by molar-refractivity contribution is 5.02. The topological polar surface area (TPSA) is 41.3 Å². The van der Waals surface area contributed by atoms with E-state index in [1.54, 1.807) is 0 Å². The predicted molar refractivity (Wildman–Crippen MR) is 74.7 cm³/mol. The van der Waals surface area contributed by atoms with Crippen molar-refractivity contribution in [1.29, 1.82) is 0 Å². The van der Waals surface area contributed by atoms with Crippen LogP contribution >= 0.6 is 0 Å². The average Bonchev–Trinajstić information content (AvgIpc) is 2.87. The standard InChI is InChI=1S/C15H25N3O/c1-13-11-17(8-4-10-18-9-3-7-16-18)12-15(13,19)14-5-2-6-14/h3,7,9,13-14,19H,2,4-6,8,10-12H2,1H3/t13-,15+/m1/s1. The van der Waals surface area contributed by atoms with Crippen molar-refractivity contribution in [2.24, 2.45) is 11.8 Å². The molecule has 2 atom stereocenters. The second-order valence-electron chi connectivity index (χ2n) is 6.38. The Morgan fingerprint density at radius 1 is 1.37 bits per heavy atom. The van der Waals surface area contributed by atoms with Gasteiger partial charge in [-0.3, -0.25) is 4.68 Å². The molecule has 1 N–H and O–H groups in total. The molecule has 4 nitrogen and oxygen atoms in total. The lowest BCUT2D eigenvalue weighted by Gasteiger charge is -2.41. The fourth-order valence-corrected chi connectivity index (χ4v) is 3.62. The summed E-state index contributed by atoms with van der Waals surface area (Å²) in [5, 5.41) is 15.1. The van der Waals surface area contributed by atoms with Crippen molar-refractivity contribution in [3.8, 4) is 0 Å². The molecule has 1 saturated carbocycles. The molecule has 0 amide bonds. The fraction of sp³-hybridized carbons (Fsp3) is 0.800. The van der Waals surface area contributed by atoms with Gasteiger partial charge in [0, 0.05) is 38.6 Å². The highest BCUT2D eigenvalue weighted by atomic mass is 16.3. The maximum absolute atomic E-state index is 10.9. The van der Waals surface area contributed by atoms with Crippen molar-refractivity contribution in [1.82, 2.24) is 14.7 Å². The number of rotatable bonds is 5. The number of aryl methyl sites for hydroxylation is 1. The monoisotopic (exact) mass is 263 g/mol. The Balaban J connectivity index is 1.48. The van der Waals surface area contributed by atoms with Gasteiger partial charge in [-0.05, 0) is 37.2 Å². The van der Waals surface area contributed by atoms with Crippen LogP contribution in [0, 0.1) is 11.8 Å². The summed E-state index contributed by atoms with van der Waals surface area (Å²) in [5.41, 5.74) is -0.413. The zero-order valence-corrected chi connectivity index (χ0v) is 11.8.